The van der Waals surface area contributed by atoms with Crippen LogP contribution in [0.3, 0.4) is 0 Å². The molecule has 1 atom stereocenters. The maximum absolute atomic E-state index is 13.0. The third-order valence-corrected chi connectivity index (χ3v) is 5.36. The summed E-state index contributed by atoms with van der Waals surface area (Å²) in [6.07, 6.45) is 5.01. The molecule has 0 spiro atoms. The molecule has 0 aliphatic carbocycles. The van der Waals surface area contributed by atoms with Crippen molar-refractivity contribution in [3.05, 3.63) is 42.0 Å². The molecule has 1 aromatic heterocycles. The summed E-state index contributed by atoms with van der Waals surface area (Å²) in [5.74, 6) is 0.157. The molecular formula is C19H25ClN6O2. The van der Waals surface area contributed by atoms with Crippen LogP contribution >= 0.6 is 12.4 Å². The Morgan fingerprint density at radius 1 is 1.29 bits per heavy atom. The summed E-state index contributed by atoms with van der Waals surface area (Å²) in [7, 11) is 0. The van der Waals surface area contributed by atoms with Crippen molar-refractivity contribution in [1.82, 2.24) is 29.9 Å². The molecule has 9 heteroatoms. The number of aryl methyl sites for hydroxylation is 1. The third-order valence-electron chi connectivity index (χ3n) is 5.36. The first-order valence-corrected chi connectivity index (χ1v) is 9.38. The van der Waals surface area contributed by atoms with E-state index < -0.39 is 0 Å². The topological polar surface area (TPSA) is 83.4 Å². The molecule has 8 nitrogen and oxygen atoms in total. The second-order valence-electron chi connectivity index (χ2n) is 7.15. The van der Waals surface area contributed by atoms with Crippen LogP contribution < -0.4 is 5.32 Å². The van der Waals surface area contributed by atoms with E-state index in [1.807, 2.05) is 34.9 Å². The second-order valence-corrected chi connectivity index (χ2v) is 7.15. The zero-order valence-corrected chi connectivity index (χ0v) is 16.7. The van der Waals surface area contributed by atoms with Gasteiger partial charge < -0.3 is 15.1 Å². The largest absolute Gasteiger partial charge is 0.337 e. The lowest BCUT2D eigenvalue weighted by molar-refractivity contribution is -0.135. The van der Waals surface area contributed by atoms with Gasteiger partial charge in [0.15, 0.2) is 0 Å². The molecule has 0 saturated carbocycles. The van der Waals surface area contributed by atoms with E-state index in [0.29, 0.717) is 18.7 Å². The SMILES string of the molecule is Cc1cc(C(=O)N2CCCC(N3CCNCC3=O)C2)ccc1-n1cncn1.Cl. The monoisotopic (exact) mass is 404 g/mol. The van der Waals surface area contributed by atoms with Gasteiger partial charge in [-0.05, 0) is 43.5 Å². The number of nitrogens with zero attached hydrogens (tertiary/aromatic N) is 5. The molecule has 3 heterocycles. The molecular weight excluding hydrogens is 380 g/mol. The number of piperazine rings is 1. The molecule has 150 valence electrons. The number of rotatable bonds is 3. The number of hydrogen-bond acceptors (Lipinski definition) is 5. The number of benzene rings is 1. The quantitative estimate of drug-likeness (QED) is 0.826. The first-order valence-electron chi connectivity index (χ1n) is 9.38. The molecule has 1 unspecified atom stereocenters. The Bertz CT molecular complexity index is 841. The van der Waals surface area contributed by atoms with Gasteiger partial charge in [-0.2, -0.15) is 5.10 Å². The summed E-state index contributed by atoms with van der Waals surface area (Å²) in [4.78, 5) is 33.0. The minimum Gasteiger partial charge on any atom is -0.337 e. The number of likely N-dealkylation sites (tertiary alicyclic amines) is 1. The number of carbonyl (C=O) groups excluding carboxylic acids is 2. The Labute approximate surface area is 170 Å². The molecule has 2 amide bonds. The van der Waals surface area contributed by atoms with Crippen molar-refractivity contribution >= 4 is 24.2 Å². The van der Waals surface area contributed by atoms with Crippen LogP contribution in [0.5, 0.6) is 0 Å². The van der Waals surface area contributed by atoms with E-state index in [1.165, 1.54) is 6.33 Å². The zero-order valence-electron chi connectivity index (χ0n) is 15.9. The Kier molecular flexibility index (Phi) is 6.31. The highest BCUT2D eigenvalue weighted by atomic mass is 35.5. The highest BCUT2D eigenvalue weighted by molar-refractivity contribution is 5.95. The summed E-state index contributed by atoms with van der Waals surface area (Å²) in [6, 6.07) is 5.76. The fourth-order valence-electron chi connectivity index (χ4n) is 3.96. The standard InChI is InChI=1S/C19H24N6O2.ClH/c1-14-9-15(4-5-17(14)25-13-21-12-22-25)19(27)23-7-2-3-16(11-23)24-8-6-20-10-18(24)26;/h4-5,9,12-13,16,20H,2-3,6-8,10-11H2,1H3;1H. The van der Waals surface area contributed by atoms with Gasteiger partial charge in [0.2, 0.25) is 5.91 Å². The van der Waals surface area contributed by atoms with E-state index >= 15 is 0 Å². The van der Waals surface area contributed by atoms with Crippen LogP contribution in [-0.2, 0) is 4.79 Å². The van der Waals surface area contributed by atoms with Crippen LogP contribution in [0.1, 0.15) is 28.8 Å². The predicted octanol–water partition coefficient (Wildman–Crippen LogP) is 1.03. The predicted molar refractivity (Wildman–Crippen MR) is 107 cm³/mol. The molecule has 2 aliphatic heterocycles. The summed E-state index contributed by atoms with van der Waals surface area (Å²) >= 11 is 0. The fourth-order valence-corrected chi connectivity index (χ4v) is 3.96. The normalized spacial score (nSPS) is 20.0. The number of hydrogen-bond donors (Lipinski definition) is 1. The average Bonchev–Trinajstić information content (AvgIpc) is 3.22. The maximum atomic E-state index is 13.0. The van der Waals surface area contributed by atoms with Gasteiger partial charge in [0.05, 0.1) is 12.2 Å². The van der Waals surface area contributed by atoms with Crippen LogP contribution in [0.4, 0.5) is 0 Å². The Morgan fingerprint density at radius 3 is 2.86 bits per heavy atom. The average molecular weight is 405 g/mol. The highest BCUT2D eigenvalue weighted by Crippen LogP contribution is 2.21. The Hall–Kier alpha value is -2.45. The molecule has 0 bridgehead atoms. The van der Waals surface area contributed by atoms with Crippen molar-refractivity contribution < 1.29 is 9.59 Å². The lowest BCUT2D eigenvalue weighted by atomic mass is 10.0. The van der Waals surface area contributed by atoms with Crippen LogP contribution in [-0.4, -0.2) is 75.1 Å². The van der Waals surface area contributed by atoms with Crippen LogP contribution in [0, 0.1) is 6.92 Å². The van der Waals surface area contributed by atoms with Gasteiger partial charge in [0.1, 0.15) is 12.7 Å². The molecule has 1 N–H and O–H groups in total. The maximum Gasteiger partial charge on any atom is 0.253 e. The molecule has 1 aromatic carbocycles. The molecule has 2 aromatic rings. The van der Waals surface area contributed by atoms with Crippen molar-refractivity contribution in [2.75, 3.05) is 32.7 Å². The molecule has 2 fully saturated rings. The van der Waals surface area contributed by atoms with Crippen molar-refractivity contribution in [2.24, 2.45) is 0 Å². The van der Waals surface area contributed by atoms with E-state index in [2.05, 4.69) is 15.4 Å². The van der Waals surface area contributed by atoms with E-state index in [0.717, 1.165) is 43.7 Å². The van der Waals surface area contributed by atoms with Crippen LogP contribution in [0.25, 0.3) is 5.69 Å². The van der Waals surface area contributed by atoms with E-state index in [-0.39, 0.29) is 30.3 Å². The van der Waals surface area contributed by atoms with Crippen LogP contribution in [0.15, 0.2) is 30.9 Å². The van der Waals surface area contributed by atoms with Gasteiger partial charge in [0, 0.05) is 37.8 Å². The lowest BCUT2D eigenvalue weighted by Crippen LogP contribution is -2.57. The summed E-state index contributed by atoms with van der Waals surface area (Å²) in [5.41, 5.74) is 2.55. The lowest BCUT2D eigenvalue weighted by Gasteiger charge is -2.41. The van der Waals surface area contributed by atoms with Crippen molar-refractivity contribution in [2.45, 2.75) is 25.8 Å². The van der Waals surface area contributed by atoms with Crippen LogP contribution in [0.2, 0.25) is 0 Å². The van der Waals surface area contributed by atoms with E-state index in [9.17, 15) is 9.59 Å². The number of amides is 2. The van der Waals surface area contributed by atoms with Gasteiger partial charge in [0.25, 0.3) is 5.91 Å². The summed E-state index contributed by atoms with van der Waals surface area (Å²) < 4.78 is 1.69. The summed E-state index contributed by atoms with van der Waals surface area (Å²) in [5, 5.41) is 7.25. The molecule has 28 heavy (non-hydrogen) atoms. The van der Waals surface area contributed by atoms with Gasteiger partial charge >= 0.3 is 0 Å². The number of aromatic nitrogens is 3. The van der Waals surface area contributed by atoms with E-state index in [1.54, 1.807) is 11.0 Å². The van der Waals surface area contributed by atoms with Crippen molar-refractivity contribution in [3.8, 4) is 5.69 Å². The minimum atomic E-state index is 0. The number of halogens is 1. The first-order chi connectivity index (χ1) is 13.1. The Morgan fingerprint density at radius 2 is 2.14 bits per heavy atom. The van der Waals surface area contributed by atoms with Gasteiger partial charge in [-0.15, -0.1) is 12.4 Å². The first kappa shape index (κ1) is 20.3. The van der Waals surface area contributed by atoms with Crippen molar-refractivity contribution in [3.63, 3.8) is 0 Å². The van der Waals surface area contributed by atoms with Gasteiger partial charge in [-0.3, -0.25) is 9.59 Å². The third kappa shape index (κ3) is 4.02. The number of piperidine rings is 1. The van der Waals surface area contributed by atoms with Gasteiger partial charge in [-0.1, -0.05) is 0 Å². The second kappa shape index (κ2) is 8.70. The smallest absolute Gasteiger partial charge is 0.253 e. The minimum absolute atomic E-state index is 0. The summed E-state index contributed by atoms with van der Waals surface area (Å²) in [6.45, 7) is 5.24. The molecule has 2 aliphatic rings. The Balaban J connectivity index is 0.00000225. The zero-order chi connectivity index (χ0) is 18.8. The molecule has 0 radical (unpaired) electrons. The molecule has 4 rings (SSSR count). The van der Waals surface area contributed by atoms with E-state index in [4.69, 9.17) is 0 Å². The highest BCUT2D eigenvalue weighted by Gasteiger charge is 2.32. The number of carbonyl (C=O) groups is 2. The molecule has 2 saturated heterocycles. The van der Waals surface area contributed by atoms with Gasteiger partial charge in [-0.25, -0.2) is 9.67 Å². The fraction of sp³-hybridized carbons (Fsp3) is 0.474. The number of nitrogens with one attached hydrogen (secondary N) is 1. The van der Waals surface area contributed by atoms with Crippen molar-refractivity contribution in [1.29, 1.82) is 0 Å².